The summed E-state index contributed by atoms with van der Waals surface area (Å²) in [7, 11) is 0. The maximum Gasteiger partial charge on any atom is 0.269 e. The lowest BCUT2D eigenvalue weighted by Crippen LogP contribution is -2.46. The molecule has 7 nitrogen and oxygen atoms in total. The van der Waals surface area contributed by atoms with Crippen LogP contribution in [0.4, 0.5) is 5.69 Å². The first-order chi connectivity index (χ1) is 10.5. The Balaban J connectivity index is 1.84. The van der Waals surface area contributed by atoms with Crippen LogP contribution in [0.1, 0.15) is 30.1 Å². The van der Waals surface area contributed by atoms with Gasteiger partial charge in [-0.2, -0.15) is 0 Å². The highest BCUT2D eigenvalue weighted by Crippen LogP contribution is 2.14. The average molecular weight is 307 g/mol. The third-order valence-electron chi connectivity index (χ3n) is 3.79. The Morgan fingerprint density at radius 2 is 2.00 bits per heavy atom. The molecule has 1 aromatic carbocycles. The summed E-state index contributed by atoms with van der Waals surface area (Å²) in [6.45, 7) is 4.11. The Bertz CT molecular complexity index is 522. The molecule has 0 spiro atoms. The molecule has 1 aliphatic rings. The van der Waals surface area contributed by atoms with Crippen LogP contribution in [0.15, 0.2) is 24.3 Å². The van der Waals surface area contributed by atoms with Crippen LogP contribution in [-0.2, 0) is 0 Å². The van der Waals surface area contributed by atoms with E-state index in [1.54, 1.807) is 6.92 Å². The summed E-state index contributed by atoms with van der Waals surface area (Å²) >= 11 is 0. The summed E-state index contributed by atoms with van der Waals surface area (Å²) < 4.78 is 0. The van der Waals surface area contributed by atoms with Gasteiger partial charge in [-0.3, -0.25) is 14.9 Å². The number of nitro benzene ring substituents is 1. The van der Waals surface area contributed by atoms with Gasteiger partial charge in [-0.25, -0.2) is 0 Å². The molecule has 1 fully saturated rings. The number of aliphatic hydroxyl groups is 1. The van der Waals surface area contributed by atoms with Crippen LogP contribution in [0.5, 0.6) is 0 Å². The minimum absolute atomic E-state index is 0.0250. The monoisotopic (exact) mass is 307 g/mol. The number of piperidine rings is 1. The largest absolute Gasteiger partial charge is 0.392 e. The maximum absolute atomic E-state index is 12.1. The molecule has 0 aliphatic carbocycles. The van der Waals surface area contributed by atoms with Crippen molar-refractivity contribution in [2.45, 2.75) is 31.9 Å². The number of nitro groups is 1. The maximum atomic E-state index is 12.1. The van der Waals surface area contributed by atoms with Crippen molar-refractivity contribution >= 4 is 11.6 Å². The topological polar surface area (TPSA) is 95.7 Å². The Morgan fingerprint density at radius 1 is 1.41 bits per heavy atom. The number of β-amino-alcohol motifs (C(OH)–C–C–N with tert-alkyl or cyclic N) is 1. The molecule has 1 atom stereocenters. The normalized spacial score (nSPS) is 17.9. The lowest BCUT2D eigenvalue weighted by Gasteiger charge is -2.32. The van der Waals surface area contributed by atoms with Crippen LogP contribution >= 0.6 is 0 Å². The molecule has 1 aromatic rings. The van der Waals surface area contributed by atoms with Crippen LogP contribution in [0.3, 0.4) is 0 Å². The second kappa shape index (κ2) is 7.33. The molecular formula is C15H21N3O4. The van der Waals surface area contributed by atoms with Crippen LogP contribution in [-0.4, -0.2) is 52.6 Å². The number of benzene rings is 1. The van der Waals surface area contributed by atoms with Crippen molar-refractivity contribution in [3.8, 4) is 0 Å². The third-order valence-corrected chi connectivity index (χ3v) is 3.79. The van der Waals surface area contributed by atoms with Gasteiger partial charge < -0.3 is 15.3 Å². The molecule has 1 saturated heterocycles. The fourth-order valence-electron chi connectivity index (χ4n) is 2.64. The molecule has 120 valence electrons. The smallest absolute Gasteiger partial charge is 0.269 e. The van der Waals surface area contributed by atoms with E-state index in [1.807, 2.05) is 0 Å². The fraction of sp³-hybridized carbons (Fsp3) is 0.533. The molecule has 0 saturated carbocycles. The van der Waals surface area contributed by atoms with Gasteiger partial charge in [-0.05, 0) is 31.9 Å². The van der Waals surface area contributed by atoms with Gasteiger partial charge in [0.15, 0.2) is 0 Å². The van der Waals surface area contributed by atoms with Crippen molar-refractivity contribution in [3.05, 3.63) is 39.9 Å². The molecule has 0 radical (unpaired) electrons. The standard InChI is InChI=1S/C15H21N3O4/c1-11(19)10-17-8-6-13(7-9-17)16-15(20)12-2-4-14(5-3-12)18(21)22/h2-5,11,13,19H,6-10H2,1H3,(H,16,20). The first-order valence-corrected chi connectivity index (χ1v) is 7.41. The van der Waals surface area contributed by atoms with Gasteiger partial charge in [0.25, 0.3) is 11.6 Å². The van der Waals surface area contributed by atoms with Crippen molar-refractivity contribution in [1.82, 2.24) is 10.2 Å². The number of hydrogen-bond donors (Lipinski definition) is 2. The number of carbonyl (C=O) groups is 1. The van der Waals surface area contributed by atoms with Crippen molar-refractivity contribution in [2.24, 2.45) is 0 Å². The zero-order valence-electron chi connectivity index (χ0n) is 12.6. The molecule has 1 heterocycles. The van der Waals surface area contributed by atoms with Gasteiger partial charge in [0.1, 0.15) is 0 Å². The second-order valence-corrected chi connectivity index (χ2v) is 5.70. The number of hydrogen-bond acceptors (Lipinski definition) is 5. The zero-order valence-corrected chi connectivity index (χ0v) is 12.6. The van der Waals surface area contributed by atoms with Gasteiger partial charge in [0.2, 0.25) is 0 Å². The molecule has 0 aromatic heterocycles. The van der Waals surface area contributed by atoms with E-state index < -0.39 is 4.92 Å². The van der Waals surface area contributed by atoms with E-state index in [0.717, 1.165) is 25.9 Å². The lowest BCUT2D eigenvalue weighted by atomic mass is 10.0. The van der Waals surface area contributed by atoms with Crippen LogP contribution in [0, 0.1) is 10.1 Å². The van der Waals surface area contributed by atoms with Crippen molar-refractivity contribution < 1.29 is 14.8 Å². The number of amides is 1. The van der Waals surface area contributed by atoms with E-state index in [0.29, 0.717) is 12.1 Å². The first kappa shape index (κ1) is 16.4. The molecule has 1 amide bonds. The number of rotatable bonds is 5. The SMILES string of the molecule is CC(O)CN1CCC(NC(=O)c2ccc([N+](=O)[O-])cc2)CC1. The Kier molecular flexibility index (Phi) is 5.46. The van der Waals surface area contributed by atoms with E-state index in [2.05, 4.69) is 10.2 Å². The molecule has 2 rings (SSSR count). The minimum atomic E-state index is -0.487. The van der Waals surface area contributed by atoms with Crippen molar-refractivity contribution in [2.75, 3.05) is 19.6 Å². The van der Waals surface area contributed by atoms with E-state index >= 15 is 0 Å². The molecule has 22 heavy (non-hydrogen) atoms. The van der Waals surface area contributed by atoms with Crippen molar-refractivity contribution in [3.63, 3.8) is 0 Å². The highest BCUT2D eigenvalue weighted by molar-refractivity contribution is 5.94. The molecule has 2 N–H and O–H groups in total. The summed E-state index contributed by atoms with van der Waals surface area (Å²) in [5.74, 6) is -0.205. The summed E-state index contributed by atoms with van der Waals surface area (Å²) in [6.07, 6.45) is 1.34. The van der Waals surface area contributed by atoms with Gasteiger partial charge in [0.05, 0.1) is 11.0 Å². The number of nitrogens with one attached hydrogen (secondary N) is 1. The van der Waals surface area contributed by atoms with Crippen LogP contribution < -0.4 is 5.32 Å². The predicted octanol–water partition coefficient (Wildman–Crippen LogP) is 1.17. The molecular weight excluding hydrogens is 286 g/mol. The molecule has 1 aliphatic heterocycles. The Labute approximate surface area is 129 Å². The fourth-order valence-corrected chi connectivity index (χ4v) is 2.64. The Hall–Kier alpha value is -1.99. The average Bonchev–Trinajstić information content (AvgIpc) is 2.49. The van der Waals surface area contributed by atoms with Gasteiger partial charge in [0, 0.05) is 43.4 Å². The van der Waals surface area contributed by atoms with E-state index in [4.69, 9.17) is 0 Å². The summed E-state index contributed by atoms with van der Waals surface area (Å²) in [6, 6.07) is 5.71. The summed E-state index contributed by atoms with van der Waals surface area (Å²) in [4.78, 5) is 24.4. The Morgan fingerprint density at radius 3 is 2.50 bits per heavy atom. The number of non-ortho nitro benzene ring substituents is 1. The van der Waals surface area contributed by atoms with Gasteiger partial charge >= 0.3 is 0 Å². The number of nitrogens with zero attached hydrogens (tertiary/aromatic N) is 2. The number of carbonyl (C=O) groups excluding carboxylic acids is 1. The molecule has 1 unspecified atom stereocenters. The van der Waals surface area contributed by atoms with Crippen LogP contribution in [0.2, 0.25) is 0 Å². The van der Waals surface area contributed by atoms with Gasteiger partial charge in [-0.15, -0.1) is 0 Å². The second-order valence-electron chi connectivity index (χ2n) is 5.70. The third kappa shape index (κ3) is 4.51. The summed E-state index contributed by atoms with van der Waals surface area (Å²) in [5.41, 5.74) is 0.403. The zero-order chi connectivity index (χ0) is 16.1. The molecule has 7 heteroatoms. The van der Waals surface area contributed by atoms with Gasteiger partial charge in [-0.1, -0.05) is 0 Å². The minimum Gasteiger partial charge on any atom is -0.392 e. The predicted molar refractivity (Wildman–Crippen MR) is 81.7 cm³/mol. The highest BCUT2D eigenvalue weighted by atomic mass is 16.6. The number of aliphatic hydroxyl groups excluding tert-OH is 1. The quantitative estimate of drug-likeness (QED) is 0.629. The summed E-state index contributed by atoms with van der Waals surface area (Å²) in [5, 5.41) is 22.9. The lowest BCUT2D eigenvalue weighted by molar-refractivity contribution is -0.384. The number of likely N-dealkylation sites (tertiary alicyclic amines) is 1. The van der Waals surface area contributed by atoms with E-state index in [9.17, 15) is 20.0 Å². The highest BCUT2D eigenvalue weighted by Gasteiger charge is 2.21. The van der Waals surface area contributed by atoms with E-state index in [-0.39, 0.29) is 23.7 Å². The first-order valence-electron chi connectivity index (χ1n) is 7.41. The van der Waals surface area contributed by atoms with E-state index in [1.165, 1.54) is 24.3 Å². The van der Waals surface area contributed by atoms with Crippen molar-refractivity contribution in [1.29, 1.82) is 0 Å². The van der Waals surface area contributed by atoms with Crippen LogP contribution in [0.25, 0.3) is 0 Å². The molecule has 0 bridgehead atoms.